The number of aliphatic hydroxyl groups is 1. The molecule has 8 amide bonds. The number of hydrogen-bond donors (Lipinski definition) is 11. The molecule has 20 nitrogen and oxygen atoms in total. The zero-order valence-electron chi connectivity index (χ0n) is 34.3. The monoisotopic (exact) mass is 853 g/mol. The highest BCUT2D eigenvalue weighted by molar-refractivity contribution is 7.98. The zero-order chi connectivity index (χ0) is 44.8. The SMILES string of the molecule is CSCC[C@H](NC(=O)[C@H](C)NC(=O)[C@H](CCCN=C(N)N)NC(=O)[C@H](Cc1cccc(F)c1)NC(C)=O)C(=O)N[C@@H](C)C(=O)N[C@@H](CO)C(=O)N[C@@H](CC(C)C)C(N)=O. The molecule has 59 heavy (non-hydrogen) atoms. The molecule has 0 aliphatic carbocycles. The smallest absolute Gasteiger partial charge is 0.245 e. The molecule has 0 unspecified atom stereocenters. The Morgan fingerprint density at radius 1 is 0.712 bits per heavy atom. The van der Waals surface area contributed by atoms with E-state index in [1.165, 1.54) is 50.7 Å². The standard InChI is InChI=1S/C37H60FN11O9S/c1-19(2)15-27(30(39)52)48-36(58)29(18-50)49-32(54)21(4)44-34(56)26(12-14-59-6)46-31(53)20(3)43-33(55)25(11-8-13-42-37(40)41)47-35(57)28(45-22(5)51)17-23-9-7-10-24(38)16-23/h7,9-10,16,19-21,25-29,50H,8,11-15,17-18H2,1-6H3,(H2,39,52)(H,43,55)(H,44,56)(H,45,51)(H,46,53)(H,47,57)(H,48,58)(H,49,54)(H4,40,41,42)/t20-,21-,25-,26-,27-,28-,29-/m0/s1. The minimum Gasteiger partial charge on any atom is -0.394 e. The summed E-state index contributed by atoms with van der Waals surface area (Å²) in [5.41, 5.74) is 16.6. The van der Waals surface area contributed by atoms with Gasteiger partial charge in [0.2, 0.25) is 47.3 Å². The van der Waals surface area contributed by atoms with Gasteiger partial charge < -0.3 is 59.5 Å². The maximum atomic E-state index is 13.9. The van der Waals surface area contributed by atoms with Crippen LogP contribution in [-0.4, -0.2) is 126 Å². The van der Waals surface area contributed by atoms with Gasteiger partial charge in [-0.15, -0.1) is 0 Å². The molecule has 0 heterocycles. The summed E-state index contributed by atoms with van der Waals surface area (Å²) in [5, 5.41) is 27.2. The third-order valence-electron chi connectivity index (χ3n) is 8.53. The van der Waals surface area contributed by atoms with Crippen molar-refractivity contribution < 1.29 is 47.9 Å². The van der Waals surface area contributed by atoms with Crippen LogP contribution < -0.4 is 54.4 Å². The first kappa shape index (κ1) is 51.5. The van der Waals surface area contributed by atoms with Gasteiger partial charge in [0, 0.05) is 19.9 Å². The van der Waals surface area contributed by atoms with Gasteiger partial charge in [0.25, 0.3) is 0 Å². The van der Waals surface area contributed by atoms with E-state index in [2.05, 4.69) is 42.2 Å². The molecule has 0 saturated heterocycles. The number of benzene rings is 1. The van der Waals surface area contributed by atoms with Crippen molar-refractivity contribution in [2.24, 2.45) is 28.1 Å². The predicted molar refractivity (Wildman–Crippen MR) is 219 cm³/mol. The Morgan fingerprint density at radius 2 is 1.22 bits per heavy atom. The van der Waals surface area contributed by atoms with Crippen molar-refractivity contribution in [3.8, 4) is 0 Å². The number of thioether (sulfide) groups is 1. The molecule has 22 heteroatoms. The summed E-state index contributed by atoms with van der Waals surface area (Å²) in [4.78, 5) is 107. The van der Waals surface area contributed by atoms with E-state index in [0.29, 0.717) is 11.3 Å². The second-order valence-electron chi connectivity index (χ2n) is 14.2. The number of guanidine groups is 1. The Morgan fingerprint density at radius 3 is 1.71 bits per heavy atom. The van der Waals surface area contributed by atoms with Crippen LogP contribution in [-0.2, 0) is 44.8 Å². The van der Waals surface area contributed by atoms with E-state index in [-0.39, 0.29) is 50.5 Å². The van der Waals surface area contributed by atoms with Gasteiger partial charge >= 0.3 is 0 Å². The van der Waals surface area contributed by atoms with Gasteiger partial charge in [-0.2, -0.15) is 11.8 Å². The Labute approximate surface area is 347 Å². The highest BCUT2D eigenvalue weighted by atomic mass is 32.2. The van der Waals surface area contributed by atoms with Gasteiger partial charge in [0.15, 0.2) is 5.96 Å². The number of aliphatic hydroxyl groups excluding tert-OH is 1. The lowest BCUT2D eigenvalue weighted by atomic mass is 10.0. The summed E-state index contributed by atoms with van der Waals surface area (Å²) in [7, 11) is 0. The van der Waals surface area contributed by atoms with Crippen molar-refractivity contribution in [2.75, 3.05) is 25.2 Å². The van der Waals surface area contributed by atoms with Crippen LogP contribution in [0.15, 0.2) is 29.3 Å². The lowest BCUT2D eigenvalue weighted by molar-refractivity contribution is -0.135. The summed E-state index contributed by atoms with van der Waals surface area (Å²) in [6.45, 7) is 6.76. The topological polar surface area (TPSA) is 331 Å². The number of nitrogens with zero attached hydrogens (tertiary/aromatic N) is 1. The van der Waals surface area contributed by atoms with E-state index in [4.69, 9.17) is 17.2 Å². The summed E-state index contributed by atoms with van der Waals surface area (Å²) >= 11 is 1.38. The molecule has 0 radical (unpaired) electrons. The van der Waals surface area contributed by atoms with Crippen LogP contribution in [0.5, 0.6) is 0 Å². The normalized spacial score (nSPS) is 14.5. The van der Waals surface area contributed by atoms with Crippen LogP contribution in [0.4, 0.5) is 4.39 Å². The molecule has 7 atom stereocenters. The Balaban J connectivity index is 3.08. The van der Waals surface area contributed by atoms with Gasteiger partial charge in [0.1, 0.15) is 48.1 Å². The predicted octanol–water partition coefficient (Wildman–Crippen LogP) is -2.85. The number of amides is 8. The van der Waals surface area contributed by atoms with Crippen LogP contribution in [0, 0.1) is 11.7 Å². The average Bonchev–Trinajstić information content (AvgIpc) is 3.14. The van der Waals surface area contributed by atoms with Crippen molar-refractivity contribution in [1.29, 1.82) is 0 Å². The van der Waals surface area contributed by atoms with Crippen LogP contribution in [0.2, 0.25) is 0 Å². The van der Waals surface area contributed by atoms with E-state index in [9.17, 15) is 47.9 Å². The molecule has 14 N–H and O–H groups in total. The van der Waals surface area contributed by atoms with Crippen molar-refractivity contribution in [3.05, 3.63) is 35.6 Å². The van der Waals surface area contributed by atoms with Gasteiger partial charge in [-0.3, -0.25) is 43.3 Å². The van der Waals surface area contributed by atoms with Gasteiger partial charge in [-0.05, 0) is 75.2 Å². The molecule has 0 aliphatic rings. The molecular formula is C37H60FN11O9S. The summed E-state index contributed by atoms with van der Waals surface area (Å²) < 4.78 is 13.9. The molecule has 1 aromatic rings. The van der Waals surface area contributed by atoms with Gasteiger partial charge in [-0.1, -0.05) is 26.0 Å². The van der Waals surface area contributed by atoms with E-state index in [1.807, 2.05) is 13.8 Å². The van der Waals surface area contributed by atoms with Crippen LogP contribution >= 0.6 is 11.8 Å². The van der Waals surface area contributed by atoms with E-state index >= 15 is 0 Å². The van der Waals surface area contributed by atoms with Crippen LogP contribution in [0.1, 0.15) is 65.9 Å². The molecule has 0 bridgehead atoms. The molecule has 0 saturated carbocycles. The van der Waals surface area contributed by atoms with Crippen molar-refractivity contribution in [1.82, 2.24) is 37.2 Å². The fourth-order valence-corrected chi connectivity index (χ4v) is 5.91. The van der Waals surface area contributed by atoms with Gasteiger partial charge in [-0.25, -0.2) is 4.39 Å². The minimum absolute atomic E-state index is 0.00276. The first-order valence-corrected chi connectivity index (χ1v) is 20.4. The second kappa shape index (κ2) is 26.5. The number of carbonyl (C=O) groups is 8. The lowest BCUT2D eigenvalue weighted by Crippen LogP contribution is -2.59. The summed E-state index contributed by atoms with van der Waals surface area (Å²) in [5.74, 6) is -6.50. The Hall–Kier alpha value is -5.51. The quantitative estimate of drug-likeness (QED) is 0.0255. The first-order chi connectivity index (χ1) is 27.7. The number of primary amides is 1. The Kier molecular flexibility index (Phi) is 23.1. The third-order valence-corrected chi connectivity index (χ3v) is 9.18. The maximum Gasteiger partial charge on any atom is 0.245 e. The fourth-order valence-electron chi connectivity index (χ4n) is 5.44. The largest absolute Gasteiger partial charge is 0.394 e. The first-order valence-electron chi connectivity index (χ1n) is 19.0. The Bertz CT molecular complexity index is 1650. The van der Waals surface area contributed by atoms with Crippen molar-refractivity contribution in [2.45, 2.75) is 109 Å². The highest BCUT2D eigenvalue weighted by Crippen LogP contribution is 2.10. The molecule has 0 aliphatic heterocycles. The highest BCUT2D eigenvalue weighted by Gasteiger charge is 2.32. The number of halogens is 1. The number of hydrogen-bond acceptors (Lipinski definition) is 11. The molecule has 0 aromatic heterocycles. The maximum absolute atomic E-state index is 13.9. The number of nitrogens with one attached hydrogen (secondary N) is 7. The molecule has 330 valence electrons. The molecule has 1 aromatic carbocycles. The van der Waals surface area contributed by atoms with E-state index in [0.717, 1.165) is 0 Å². The fraction of sp³-hybridized carbons (Fsp3) is 0.595. The third kappa shape index (κ3) is 20.2. The van der Waals surface area contributed by atoms with Crippen LogP contribution in [0.3, 0.4) is 0 Å². The molecule has 0 spiro atoms. The van der Waals surface area contributed by atoms with Crippen molar-refractivity contribution >= 4 is 65.0 Å². The molecule has 0 fully saturated rings. The lowest BCUT2D eigenvalue weighted by Gasteiger charge is -2.26. The summed E-state index contributed by atoms with van der Waals surface area (Å²) in [6, 6.07) is -3.24. The molecule has 1 rings (SSSR count). The second-order valence-corrected chi connectivity index (χ2v) is 15.2. The number of rotatable bonds is 26. The van der Waals surface area contributed by atoms with Crippen LogP contribution in [0.25, 0.3) is 0 Å². The van der Waals surface area contributed by atoms with E-state index in [1.54, 1.807) is 12.3 Å². The average molecular weight is 854 g/mol. The molecular weight excluding hydrogens is 794 g/mol. The number of aliphatic imine (C=N–C) groups is 1. The van der Waals surface area contributed by atoms with E-state index < -0.39 is 102 Å². The van der Waals surface area contributed by atoms with Gasteiger partial charge in [0.05, 0.1) is 6.61 Å². The number of carbonyl (C=O) groups excluding carboxylic acids is 8. The minimum atomic E-state index is -1.47. The number of nitrogens with two attached hydrogens (primary N) is 3. The van der Waals surface area contributed by atoms with Crippen molar-refractivity contribution in [3.63, 3.8) is 0 Å². The summed E-state index contributed by atoms with van der Waals surface area (Å²) in [6.07, 6.45) is 2.22. The zero-order valence-corrected chi connectivity index (χ0v) is 35.1.